The van der Waals surface area contributed by atoms with Crippen molar-refractivity contribution in [2.24, 2.45) is 0 Å². The number of H-pyrrole nitrogens is 1. The third-order valence-electron chi connectivity index (χ3n) is 3.15. The Hall–Kier alpha value is -1.81. The van der Waals surface area contributed by atoms with Gasteiger partial charge < -0.3 is 0 Å². The van der Waals surface area contributed by atoms with E-state index in [2.05, 4.69) is 4.98 Å². The van der Waals surface area contributed by atoms with Crippen LogP contribution < -0.4 is 11.2 Å². The van der Waals surface area contributed by atoms with E-state index in [1.807, 2.05) is 38.1 Å². The summed E-state index contributed by atoms with van der Waals surface area (Å²) < 4.78 is 1.20. The molecule has 1 heterocycles. The maximum atomic E-state index is 12.3. The van der Waals surface area contributed by atoms with E-state index in [4.69, 9.17) is 11.6 Å². The van der Waals surface area contributed by atoms with Crippen molar-refractivity contribution in [3.63, 3.8) is 0 Å². The summed E-state index contributed by atoms with van der Waals surface area (Å²) in [7, 11) is 0. The molecule has 0 spiro atoms. The summed E-state index contributed by atoms with van der Waals surface area (Å²) in [6.07, 6.45) is 1.35. The quantitative estimate of drug-likeness (QED) is 0.880. The van der Waals surface area contributed by atoms with Gasteiger partial charge in [0.15, 0.2) is 0 Å². The Bertz CT molecular complexity index is 731. The molecule has 0 amide bonds. The van der Waals surface area contributed by atoms with Crippen LogP contribution in [-0.2, 0) is 13.0 Å². The summed E-state index contributed by atoms with van der Waals surface area (Å²) in [5.41, 5.74) is 1.71. The number of aromatic nitrogens is 2. The number of hydrogen-bond donors (Lipinski definition) is 1. The van der Waals surface area contributed by atoms with Gasteiger partial charge in [0.05, 0.1) is 12.1 Å². The van der Waals surface area contributed by atoms with Crippen LogP contribution in [0.1, 0.15) is 30.0 Å². The molecule has 0 unspecified atom stereocenters. The maximum Gasteiger partial charge on any atom is 0.329 e. The van der Waals surface area contributed by atoms with E-state index >= 15 is 0 Å². The first kappa shape index (κ1) is 14.6. The Kier molecular flexibility index (Phi) is 4.45. The summed E-state index contributed by atoms with van der Waals surface area (Å²) in [4.78, 5) is 26.8. The number of benzene rings is 1. The van der Waals surface area contributed by atoms with Gasteiger partial charge in [-0.1, -0.05) is 54.8 Å². The van der Waals surface area contributed by atoms with E-state index < -0.39 is 5.69 Å². The number of aryl methyl sites for hydroxylation is 1. The summed E-state index contributed by atoms with van der Waals surface area (Å²) in [6.45, 7) is 4.19. The molecule has 0 aliphatic carbocycles. The van der Waals surface area contributed by atoms with Crippen LogP contribution in [0.15, 0.2) is 33.9 Å². The Labute approximate surface area is 122 Å². The Morgan fingerprint density at radius 3 is 2.70 bits per heavy atom. The Morgan fingerprint density at radius 2 is 2.05 bits per heavy atom. The van der Waals surface area contributed by atoms with Crippen LogP contribution in [0.2, 0.25) is 5.15 Å². The molecular weight excluding hydrogens is 276 g/mol. The van der Waals surface area contributed by atoms with Crippen LogP contribution in [0.25, 0.3) is 0 Å². The van der Waals surface area contributed by atoms with Crippen molar-refractivity contribution in [2.45, 2.75) is 33.2 Å². The van der Waals surface area contributed by atoms with Crippen LogP contribution in [-0.4, -0.2) is 9.55 Å². The van der Waals surface area contributed by atoms with Crippen LogP contribution in [0.5, 0.6) is 0 Å². The topological polar surface area (TPSA) is 54.9 Å². The molecule has 0 fully saturated rings. The normalized spacial score (nSPS) is 10.8. The minimum absolute atomic E-state index is 0.155. The van der Waals surface area contributed by atoms with Crippen LogP contribution in [0, 0.1) is 6.92 Å². The van der Waals surface area contributed by atoms with Crippen LogP contribution >= 0.6 is 11.6 Å². The molecule has 2 aromatic rings. The smallest absolute Gasteiger partial charge is 0.297 e. The van der Waals surface area contributed by atoms with Gasteiger partial charge in [0.25, 0.3) is 5.56 Å². The molecule has 0 aliphatic heterocycles. The standard InChI is InChI=1S/C15H17ClN2O2/c1-3-5-12-13(16)17-15(20)18(14(12)19)9-11-7-4-6-10(2)8-11/h4,6-8H,3,5,9H2,1-2H3,(H,17,20). The highest BCUT2D eigenvalue weighted by atomic mass is 35.5. The van der Waals surface area contributed by atoms with E-state index in [0.717, 1.165) is 17.5 Å². The van der Waals surface area contributed by atoms with Gasteiger partial charge in [-0.15, -0.1) is 0 Å². The second-order valence-electron chi connectivity index (χ2n) is 4.85. The van der Waals surface area contributed by atoms with Gasteiger partial charge in [-0.25, -0.2) is 4.79 Å². The molecule has 0 aliphatic rings. The molecule has 4 nitrogen and oxygen atoms in total. The second-order valence-corrected chi connectivity index (χ2v) is 5.23. The molecule has 1 aromatic carbocycles. The fraction of sp³-hybridized carbons (Fsp3) is 0.333. The number of halogens is 1. The summed E-state index contributed by atoms with van der Waals surface area (Å²) in [5.74, 6) is 0. The third-order valence-corrected chi connectivity index (χ3v) is 3.48. The minimum Gasteiger partial charge on any atom is -0.297 e. The molecular formula is C15H17ClN2O2. The fourth-order valence-electron chi connectivity index (χ4n) is 2.19. The zero-order chi connectivity index (χ0) is 14.7. The molecule has 0 radical (unpaired) electrons. The van der Waals surface area contributed by atoms with E-state index in [9.17, 15) is 9.59 Å². The first-order valence-electron chi connectivity index (χ1n) is 6.60. The lowest BCUT2D eigenvalue weighted by Gasteiger charge is -2.09. The van der Waals surface area contributed by atoms with Gasteiger partial charge in [0.2, 0.25) is 0 Å². The van der Waals surface area contributed by atoms with Gasteiger partial charge in [-0.3, -0.25) is 14.3 Å². The third kappa shape index (κ3) is 3.02. The SMILES string of the molecule is CCCc1c(Cl)[nH]c(=O)n(Cc2cccc(C)c2)c1=O. The van der Waals surface area contributed by atoms with E-state index in [0.29, 0.717) is 12.0 Å². The van der Waals surface area contributed by atoms with Crippen molar-refractivity contribution >= 4 is 11.6 Å². The lowest BCUT2D eigenvalue weighted by molar-refractivity contribution is 0.680. The van der Waals surface area contributed by atoms with Crippen molar-refractivity contribution in [1.29, 1.82) is 0 Å². The summed E-state index contributed by atoms with van der Waals surface area (Å²) >= 11 is 5.94. The number of nitrogens with zero attached hydrogens (tertiary/aromatic N) is 1. The largest absolute Gasteiger partial charge is 0.329 e. The fourth-order valence-corrected chi connectivity index (χ4v) is 2.45. The first-order chi connectivity index (χ1) is 9.52. The number of nitrogens with one attached hydrogen (secondary N) is 1. The van der Waals surface area contributed by atoms with Gasteiger partial charge in [-0.05, 0) is 18.9 Å². The molecule has 106 valence electrons. The highest BCUT2D eigenvalue weighted by molar-refractivity contribution is 6.30. The zero-order valence-electron chi connectivity index (χ0n) is 11.6. The van der Waals surface area contributed by atoms with E-state index in [1.54, 1.807) is 0 Å². The number of rotatable bonds is 4. The van der Waals surface area contributed by atoms with Crippen molar-refractivity contribution < 1.29 is 0 Å². The molecule has 0 saturated heterocycles. The van der Waals surface area contributed by atoms with Crippen molar-refractivity contribution in [3.8, 4) is 0 Å². The molecule has 1 N–H and O–H groups in total. The molecule has 0 bridgehead atoms. The molecule has 0 saturated carbocycles. The predicted molar refractivity (Wildman–Crippen MR) is 80.6 cm³/mol. The summed E-state index contributed by atoms with van der Waals surface area (Å²) in [6, 6.07) is 7.74. The van der Waals surface area contributed by atoms with Crippen molar-refractivity contribution in [1.82, 2.24) is 9.55 Å². The van der Waals surface area contributed by atoms with Crippen LogP contribution in [0.4, 0.5) is 0 Å². The van der Waals surface area contributed by atoms with Gasteiger partial charge in [-0.2, -0.15) is 0 Å². The van der Waals surface area contributed by atoms with Crippen molar-refractivity contribution in [2.75, 3.05) is 0 Å². The van der Waals surface area contributed by atoms with Crippen LogP contribution in [0.3, 0.4) is 0 Å². The number of aromatic amines is 1. The highest BCUT2D eigenvalue weighted by Gasteiger charge is 2.12. The lowest BCUT2D eigenvalue weighted by Crippen LogP contribution is -2.37. The lowest BCUT2D eigenvalue weighted by atomic mass is 10.1. The maximum absolute atomic E-state index is 12.3. The predicted octanol–water partition coefficient (Wildman–Crippen LogP) is 2.50. The zero-order valence-corrected chi connectivity index (χ0v) is 12.3. The van der Waals surface area contributed by atoms with Gasteiger partial charge >= 0.3 is 5.69 Å². The number of hydrogen-bond acceptors (Lipinski definition) is 2. The molecule has 20 heavy (non-hydrogen) atoms. The minimum atomic E-state index is -0.471. The molecule has 5 heteroatoms. The molecule has 0 atom stereocenters. The highest BCUT2D eigenvalue weighted by Crippen LogP contribution is 2.09. The van der Waals surface area contributed by atoms with Gasteiger partial charge in [0, 0.05) is 0 Å². The average molecular weight is 293 g/mol. The molecule has 2 rings (SSSR count). The van der Waals surface area contributed by atoms with Crippen molar-refractivity contribution in [3.05, 3.63) is 66.9 Å². The second kappa shape index (κ2) is 6.09. The molecule has 1 aromatic heterocycles. The van der Waals surface area contributed by atoms with E-state index in [-0.39, 0.29) is 17.3 Å². The van der Waals surface area contributed by atoms with E-state index in [1.165, 1.54) is 4.57 Å². The first-order valence-corrected chi connectivity index (χ1v) is 6.97. The Morgan fingerprint density at radius 1 is 1.30 bits per heavy atom. The Balaban J connectivity index is 2.49. The monoisotopic (exact) mass is 292 g/mol. The average Bonchev–Trinajstić information content (AvgIpc) is 2.39. The summed E-state index contributed by atoms with van der Waals surface area (Å²) in [5, 5.41) is 0.155. The van der Waals surface area contributed by atoms with Gasteiger partial charge in [0.1, 0.15) is 5.15 Å².